The largest absolute Gasteiger partial charge is 0.379 e. The van der Waals surface area contributed by atoms with Crippen LogP contribution < -0.4 is 5.32 Å². The van der Waals surface area contributed by atoms with Gasteiger partial charge in [0, 0.05) is 23.7 Å². The molecule has 0 radical (unpaired) electrons. The lowest BCUT2D eigenvalue weighted by atomic mass is 9.71. The van der Waals surface area contributed by atoms with Gasteiger partial charge in [-0.2, -0.15) is 4.31 Å². The molecule has 1 heterocycles. The van der Waals surface area contributed by atoms with Gasteiger partial charge in [0.05, 0.1) is 23.6 Å². The normalized spacial score (nSPS) is 19.1. The van der Waals surface area contributed by atoms with Gasteiger partial charge in [0.2, 0.25) is 10.0 Å². The van der Waals surface area contributed by atoms with Gasteiger partial charge in [0.25, 0.3) is 5.91 Å². The van der Waals surface area contributed by atoms with Crippen LogP contribution in [0.1, 0.15) is 40.7 Å². The first kappa shape index (κ1) is 21.3. The number of hydrogen-bond acceptors (Lipinski definition) is 4. The Labute approximate surface area is 182 Å². The number of hydrogen-bond donors (Lipinski definition) is 1. The highest BCUT2D eigenvalue weighted by molar-refractivity contribution is 7.89. The van der Waals surface area contributed by atoms with Crippen molar-refractivity contribution in [2.24, 2.45) is 0 Å². The number of sulfonamides is 1. The molecule has 0 spiro atoms. The van der Waals surface area contributed by atoms with Crippen LogP contribution in [0.25, 0.3) is 0 Å². The summed E-state index contributed by atoms with van der Waals surface area (Å²) in [5.41, 5.74) is 1.54. The molecule has 1 saturated heterocycles. The molecule has 2 aromatic carbocycles. The highest BCUT2D eigenvalue weighted by Gasteiger charge is 2.40. The molecule has 1 aliphatic carbocycles. The zero-order valence-corrected chi connectivity index (χ0v) is 18.4. The number of nitrogens with zero attached hydrogens (tertiary/aromatic N) is 1. The molecule has 4 rings (SSSR count). The second kappa shape index (κ2) is 8.30. The molecular formula is C22H25ClN2O4S. The predicted molar refractivity (Wildman–Crippen MR) is 115 cm³/mol. The lowest BCUT2D eigenvalue weighted by Crippen LogP contribution is -2.50. The summed E-state index contributed by atoms with van der Waals surface area (Å²) in [7, 11) is -3.68. The smallest absolute Gasteiger partial charge is 0.252 e. The maximum atomic E-state index is 13.1. The van der Waals surface area contributed by atoms with Gasteiger partial charge in [-0.05, 0) is 61.6 Å². The summed E-state index contributed by atoms with van der Waals surface area (Å²) in [5.74, 6) is -0.275. The molecule has 0 atom stereocenters. The molecule has 0 bridgehead atoms. The van der Waals surface area contributed by atoms with E-state index in [4.69, 9.17) is 16.3 Å². The van der Waals surface area contributed by atoms with Crippen molar-refractivity contribution in [3.8, 4) is 0 Å². The average Bonchev–Trinajstić information content (AvgIpc) is 2.72. The predicted octanol–water partition coefficient (Wildman–Crippen LogP) is 3.48. The molecule has 2 fully saturated rings. The summed E-state index contributed by atoms with van der Waals surface area (Å²) >= 11 is 6.01. The topological polar surface area (TPSA) is 75.7 Å². The Kier molecular flexibility index (Phi) is 5.90. The zero-order valence-electron chi connectivity index (χ0n) is 16.9. The maximum absolute atomic E-state index is 13.1. The van der Waals surface area contributed by atoms with Gasteiger partial charge < -0.3 is 10.1 Å². The fourth-order valence-electron chi connectivity index (χ4n) is 4.02. The summed E-state index contributed by atoms with van der Waals surface area (Å²) in [4.78, 5) is 13.3. The van der Waals surface area contributed by atoms with Gasteiger partial charge in [-0.1, -0.05) is 29.8 Å². The lowest BCUT2D eigenvalue weighted by Gasteiger charge is -2.43. The number of morpholine rings is 1. The van der Waals surface area contributed by atoms with E-state index in [0.29, 0.717) is 42.5 Å². The second-order valence-electron chi connectivity index (χ2n) is 7.89. The highest BCUT2D eigenvalue weighted by atomic mass is 35.5. The minimum atomic E-state index is -3.68. The molecule has 0 unspecified atom stereocenters. The van der Waals surface area contributed by atoms with Crippen molar-refractivity contribution in [2.45, 2.75) is 36.6 Å². The molecule has 30 heavy (non-hydrogen) atoms. The van der Waals surface area contributed by atoms with E-state index in [1.165, 1.54) is 10.4 Å². The molecule has 160 valence electrons. The van der Waals surface area contributed by atoms with Crippen molar-refractivity contribution in [2.75, 3.05) is 26.3 Å². The number of nitrogens with one attached hydrogen (secondary N) is 1. The van der Waals surface area contributed by atoms with Crippen molar-refractivity contribution in [1.82, 2.24) is 9.62 Å². The first-order valence-corrected chi connectivity index (χ1v) is 11.9. The monoisotopic (exact) mass is 448 g/mol. The summed E-state index contributed by atoms with van der Waals surface area (Å²) in [6.07, 6.45) is 2.70. The van der Waals surface area contributed by atoms with E-state index in [2.05, 4.69) is 5.32 Å². The average molecular weight is 449 g/mol. The Bertz CT molecular complexity index is 1040. The van der Waals surface area contributed by atoms with Crippen LogP contribution in [0.5, 0.6) is 0 Å². The third-order valence-electron chi connectivity index (χ3n) is 5.99. The molecular weight excluding hydrogens is 424 g/mol. The van der Waals surface area contributed by atoms with Crippen LogP contribution >= 0.6 is 11.6 Å². The summed E-state index contributed by atoms with van der Waals surface area (Å²) in [5, 5.41) is 3.80. The van der Waals surface area contributed by atoms with E-state index >= 15 is 0 Å². The number of halogens is 1. The first-order valence-electron chi connectivity index (χ1n) is 10.1. The van der Waals surface area contributed by atoms with E-state index in [9.17, 15) is 13.2 Å². The molecule has 1 saturated carbocycles. The van der Waals surface area contributed by atoms with E-state index in [1.54, 1.807) is 19.1 Å². The van der Waals surface area contributed by atoms with Crippen molar-refractivity contribution < 1.29 is 17.9 Å². The second-order valence-corrected chi connectivity index (χ2v) is 10.2. The number of carbonyl (C=O) groups excluding carboxylic acids is 1. The Hall–Kier alpha value is -1.93. The van der Waals surface area contributed by atoms with E-state index in [1.807, 2.05) is 24.3 Å². The van der Waals surface area contributed by atoms with Crippen LogP contribution in [0, 0.1) is 6.92 Å². The highest BCUT2D eigenvalue weighted by Crippen LogP contribution is 2.41. The number of ether oxygens (including phenoxy) is 1. The van der Waals surface area contributed by atoms with Crippen LogP contribution in [0.15, 0.2) is 47.4 Å². The fraction of sp³-hybridized carbons (Fsp3) is 0.409. The van der Waals surface area contributed by atoms with Crippen molar-refractivity contribution in [3.63, 3.8) is 0 Å². The van der Waals surface area contributed by atoms with Gasteiger partial charge in [0.15, 0.2) is 0 Å². The van der Waals surface area contributed by atoms with E-state index in [0.717, 1.165) is 24.8 Å². The van der Waals surface area contributed by atoms with Gasteiger partial charge in [-0.25, -0.2) is 8.42 Å². The van der Waals surface area contributed by atoms with Crippen LogP contribution in [0.3, 0.4) is 0 Å². The Morgan fingerprint density at radius 3 is 2.37 bits per heavy atom. The molecule has 1 N–H and O–H groups in total. The minimum absolute atomic E-state index is 0.172. The quantitative estimate of drug-likeness (QED) is 0.759. The van der Waals surface area contributed by atoms with Crippen molar-refractivity contribution >= 4 is 27.5 Å². The number of benzene rings is 2. The number of carbonyl (C=O) groups is 1. The lowest BCUT2D eigenvalue weighted by molar-refractivity contribution is 0.0730. The standard InChI is InChI=1S/C22H25ClN2O4S/c1-16-3-4-17(15-20(16)30(27,28)25-11-13-29-14-12-25)21(26)24-22(9-2-10-22)18-5-7-19(23)8-6-18/h3-8,15H,2,9-14H2,1H3,(H,24,26). The van der Waals surface area contributed by atoms with Gasteiger partial charge >= 0.3 is 0 Å². The van der Waals surface area contributed by atoms with Crippen molar-refractivity contribution in [1.29, 1.82) is 0 Å². The zero-order chi connectivity index (χ0) is 21.4. The molecule has 1 amide bonds. The van der Waals surface area contributed by atoms with Gasteiger partial charge in [0.1, 0.15) is 0 Å². The number of amides is 1. The Morgan fingerprint density at radius 1 is 1.10 bits per heavy atom. The minimum Gasteiger partial charge on any atom is -0.379 e. The maximum Gasteiger partial charge on any atom is 0.252 e. The molecule has 6 nitrogen and oxygen atoms in total. The molecule has 8 heteroatoms. The third-order valence-corrected chi connectivity index (χ3v) is 8.29. The molecule has 2 aromatic rings. The number of aryl methyl sites for hydroxylation is 1. The van der Waals surface area contributed by atoms with Gasteiger partial charge in [-0.3, -0.25) is 4.79 Å². The summed E-state index contributed by atoms with van der Waals surface area (Å²) in [6.45, 7) is 3.13. The molecule has 1 aliphatic heterocycles. The SMILES string of the molecule is Cc1ccc(C(=O)NC2(c3ccc(Cl)cc3)CCC2)cc1S(=O)(=O)N1CCOCC1. The van der Waals surface area contributed by atoms with Gasteiger partial charge in [-0.15, -0.1) is 0 Å². The van der Waals surface area contributed by atoms with E-state index in [-0.39, 0.29) is 10.8 Å². The number of rotatable bonds is 5. The van der Waals surface area contributed by atoms with Crippen molar-refractivity contribution in [3.05, 3.63) is 64.2 Å². The molecule has 0 aromatic heterocycles. The Morgan fingerprint density at radius 2 is 1.77 bits per heavy atom. The summed E-state index contributed by atoms with van der Waals surface area (Å²) < 4.78 is 32.9. The fourth-order valence-corrected chi connectivity index (χ4v) is 5.80. The first-order chi connectivity index (χ1) is 14.3. The van der Waals surface area contributed by atoms with E-state index < -0.39 is 15.6 Å². The van der Waals surface area contributed by atoms with Crippen LogP contribution in [-0.2, 0) is 20.3 Å². The molecule has 2 aliphatic rings. The Balaban J connectivity index is 1.60. The van der Waals surface area contributed by atoms with Crippen LogP contribution in [0.2, 0.25) is 5.02 Å². The summed E-state index contributed by atoms with van der Waals surface area (Å²) in [6, 6.07) is 12.4. The third kappa shape index (κ3) is 3.99. The van der Waals surface area contributed by atoms with Crippen LogP contribution in [-0.4, -0.2) is 44.9 Å². The van der Waals surface area contributed by atoms with Crippen LogP contribution in [0.4, 0.5) is 0 Å².